The number of hydrogen-bond acceptors (Lipinski definition) is 5. The zero-order valence-electron chi connectivity index (χ0n) is 10.6. The summed E-state index contributed by atoms with van der Waals surface area (Å²) < 4.78 is 15.4. The molecule has 1 N–H and O–H groups in total. The third-order valence-electron chi connectivity index (χ3n) is 1.94. The predicted molar refractivity (Wildman–Crippen MR) is 58.9 cm³/mol. The maximum atomic E-state index is 10.6. The number of carbonyl (C=O) groups is 1. The zero-order chi connectivity index (χ0) is 12.8. The van der Waals surface area contributed by atoms with E-state index in [1.165, 1.54) is 21.0 Å². The lowest BCUT2D eigenvalue weighted by atomic mass is 10.2. The molecule has 0 aliphatic carbocycles. The van der Waals surface area contributed by atoms with Crippen molar-refractivity contribution in [2.24, 2.45) is 0 Å². The lowest BCUT2D eigenvalue weighted by Gasteiger charge is -2.24. The first-order valence-corrected chi connectivity index (χ1v) is 5.50. The van der Waals surface area contributed by atoms with Crippen molar-refractivity contribution in [3.05, 3.63) is 0 Å². The van der Waals surface area contributed by atoms with Crippen LogP contribution in [0.3, 0.4) is 0 Å². The van der Waals surface area contributed by atoms with Crippen LogP contribution in [0.1, 0.15) is 34.1 Å². The quantitative estimate of drug-likeness (QED) is 0.582. The van der Waals surface area contributed by atoms with Crippen molar-refractivity contribution in [1.29, 1.82) is 0 Å². The summed E-state index contributed by atoms with van der Waals surface area (Å²) in [6, 6.07) is 0. The summed E-state index contributed by atoms with van der Waals surface area (Å²) in [4.78, 5) is 10.6. The number of aldehydes is 1. The predicted octanol–water partition coefficient (Wildman–Crippen LogP) is 1.09. The van der Waals surface area contributed by atoms with Crippen LogP contribution in [0.2, 0.25) is 0 Å². The molecule has 1 heterocycles. The molecule has 5 heteroatoms. The molecule has 3 atom stereocenters. The molecule has 0 bridgehead atoms. The smallest absolute Gasteiger partial charge is 0.160 e. The molecular weight excluding hydrogens is 212 g/mol. The second-order valence-electron chi connectivity index (χ2n) is 3.74. The van der Waals surface area contributed by atoms with Crippen LogP contribution in [0.25, 0.3) is 0 Å². The van der Waals surface area contributed by atoms with Gasteiger partial charge in [0, 0.05) is 13.5 Å². The lowest BCUT2D eigenvalue weighted by molar-refractivity contribution is -0.212. The zero-order valence-corrected chi connectivity index (χ0v) is 10.6. The van der Waals surface area contributed by atoms with Crippen LogP contribution in [0.5, 0.6) is 0 Å². The number of ether oxygens (including phenoxy) is 3. The van der Waals surface area contributed by atoms with E-state index in [0.717, 1.165) is 0 Å². The molecule has 1 fully saturated rings. The van der Waals surface area contributed by atoms with Crippen LogP contribution < -0.4 is 0 Å². The second-order valence-corrected chi connectivity index (χ2v) is 3.74. The van der Waals surface area contributed by atoms with Gasteiger partial charge in [-0.1, -0.05) is 13.8 Å². The highest BCUT2D eigenvalue weighted by atomic mass is 16.7. The Labute approximate surface area is 96.7 Å². The normalized spacial score (nSPS) is 29.5. The SMILES string of the molecule is CC.COC1CC(OC(C)(C)O)C(C=O)O1. The van der Waals surface area contributed by atoms with Gasteiger partial charge >= 0.3 is 0 Å². The Hall–Kier alpha value is -0.490. The first-order chi connectivity index (χ1) is 7.46. The molecule has 16 heavy (non-hydrogen) atoms. The van der Waals surface area contributed by atoms with Crippen molar-refractivity contribution in [1.82, 2.24) is 0 Å². The summed E-state index contributed by atoms with van der Waals surface area (Å²) in [5.41, 5.74) is 0. The van der Waals surface area contributed by atoms with Gasteiger partial charge in [-0.15, -0.1) is 0 Å². The van der Waals surface area contributed by atoms with E-state index in [2.05, 4.69) is 0 Å². The Balaban J connectivity index is 0.00000106. The van der Waals surface area contributed by atoms with E-state index in [1.54, 1.807) is 0 Å². The Morgan fingerprint density at radius 1 is 1.44 bits per heavy atom. The van der Waals surface area contributed by atoms with Crippen LogP contribution in [-0.4, -0.2) is 42.8 Å². The summed E-state index contributed by atoms with van der Waals surface area (Å²) in [6.07, 6.45) is -0.430. The van der Waals surface area contributed by atoms with Gasteiger partial charge in [-0.05, 0) is 13.8 Å². The topological polar surface area (TPSA) is 65.0 Å². The third-order valence-corrected chi connectivity index (χ3v) is 1.94. The Bertz CT molecular complexity index is 199. The van der Waals surface area contributed by atoms with Gasteiger partial charge in [-0.25, -0.2) is 0 Å². The van der Waals surface area contributed by atoms with Crippen molar-refractivity contribution in [3.8, 4) is 0 Å². The average molecular weight is 234 g/mol. The Kier molecular flexibility index (Phi) is 6.74. The second kappa shape index (κ2) is 6.96. The summed E-state index contributed by atoms with van der Waals surface area (Å²) in [5, 5.41) is 9.42. The fourth-order valence-corrected chi connectivity index (χ4v) is 1.40. The van der Waals surface area contributed by atoms with Crippen LogP contribution in [-0.2, 0) is 19.0 Å². The minimum Gasteiger partial charge on any atom is -0.366 e. The van der Waals surface area contributed by atoms with Crippen molar-refractivity contribution >= 4 is 6.29 Å². The fraction of sp³-hybridized carbons (Fsp3) is 0.909. The molecule has 0 amide bonds. The molecule has 1 rings (SSSR count). The summed E-state index contributed by atoms with van der Waals surface area (Å²) in [5.74, 6) is -1.27. The van der Waals surface area contributed by atoms with Gasteiger partial charge in [0.15, 0.2) is 18.4 Å². The Morgan fingerprint density at radius 2 is 2.00 bits per heavy atom. The van der Waals surface area contributed by atoms with Crippen LogP contribution in [0.15, 0.2) is 0 Å². The highest BCUT2D eigenvalue weighted by Gasteiger charge is 2.38. The van der Waals surface area contributed by atoms with Gasteiger partial charge < -0.3 is 24.1 Å². The molecule has 1 aliphatic rings. The van der Waals surface area contributed by atoms with Crippen LogP contribution in [0.4, 0.5) is 0 Å². The molecule has 96 valence electrons. The molecule has 0 spiro atoms. The molecule has 1 aliphatic heterocycles. The number of aliphatic hydroxyl groups is 1. The standard InChI is InChI=1S/C9H16O5.C2H6/c1-9(2,11)14-6-4-8(12-3)13-7(6)5-10;1-2/h5-8,11H,4H2,1-3H3;1-2H3. The molecule has 0 aromatic carbocycles. The highest BCUT2D eigenvalue weighted by Crippen LogP contribution is 2.25. The van der Waals surface area contributed by atoms with E-state index >= 15 is 0 Å². The third kappa shape index (κ3) is 5.03. The van der Waals surface area contributed by atoms with E-state index in [0.29, 0.717) is 12.7 Å². The number of carbonyl (C=O) groups excluding carboxylic acids is 1. The van der Waals surface area contributed by atoms with Gasteiger partial charge in [-0.2, -0.15) is 0 Å². The van der Waals surface area contributed by atoms with E-state index in [9.17, 15) is 9.90 Å². The summed E-state index contributed by atoms with van der Waals surface area (Å²) in [6.45, 7) is 7.02. The van der Waals surface area contributed by atoms with Gasteiger partial charge in [0.1, 0.15) is 6.10 Å². The molecule has 5 nitrogen and oxygen atoms in total. The summed E-state index contributed by atoms with van der Waals surface area (Å²) in [7, 11) is 1.50. The van der Waals surface area contributed by atoms with E-state index in [4.69, 9.17) is 14.2 Å². The number of methoxy groups -OCH3 is 1. The van der Waals surface area contributed by atoms with Crippen molar-refractivity contribution < 1.29 is 24.1 Å². The average Bonchev–Trinajstić information content (AvgIpc) is 2.61. The molecule has 0 aromatic heterocycles. The molecule has 0 aromatic rings. The first kappa shape index (κ1) is 15.5. The number of hydrogen-bond donors (Lipinski definition) is 1. The van der Waals surface area contributed by atoms with Crippen molar-refractivity contribution in [2.45, 2.75) is 58.4 Å². The summed E-state index contributed by atoms with van der Waals surface area (Å²) >= 11 is 0. The largest absolute Gasteiger partial charge is 0.366 e. The minimum atomic E-state index is -1.27. The molecule has 0 radical (unpaired) electrons. The molecule has 1 saturated heterocycles. The van der Waals surface area contributed by atoms with Crippen LogP contribution in [0, 0.1) is 0 Å². The lowest BCUT2D eigenvalue weighted by Crippen LogP contribution is -2.35. The maximum Gasteiger partial charge on any atom is 0.160 e. The van der Waals surface area contributed by atoms with E-state index in [-0.39, 0.29) is 0 Å². The maximum absolute atomic E-state index is 10.6. The Morgan fingerprint density at radius 3 is 2.38 bits per heavy atom. The van der Waals surface area contributed by atoms with Gasteiger partial charge in [0.25, 0.3) is 0 Å². The molecular formula is C11H22O5. The van der Waals surface area contributed by atoms with Gasteiger partial charge in [0.2, 0.25) is 0 Å². The van der Waals surface area contributed by atoms with Crippen molar-refractivity contribution in [2.75, 3.05) is 7.11 Å². The minimum absolute atomic E-state index is 0.433. The van der Waals surface area contributed by atoms with Gasteiger partial charge in [-0.3, -0.25) is 0 Å². The van der Waals surface area contributed by atoms with E-state index in [1.807, 2.05) is 13.8 Å². The fourth-order valence-electron chi connectivity index (χ4n) is 1.40. The van der Waals surface area contributed by atoms with Crippen LogP contribution >= 0.6 is 0 Å². The monoisotopic (exact) mass is 234 g/mol. The molecule has 3 unspecified atom stereocenters. The molecule has 0 saturated carbocycles. The van der Waals surface area contributed by atoms with Crippen molar-refractivity contribution in [3.63, 3.8) is 0 Å². The van der Waals surface area contributed by atoms with E-state index < -0.39 is 24.3 Å². The first-order valence-electron chi connectivity index (χ1n) is 5.50. The number of rotatable bonds is 4. The van der Waals surface area contributed by atoms with Gasteiger partial charge in [0.05, 0.1) is 6.10 Å². The highest BCUT2D eigenvalue weighted by molar-refractivity contribution is 5.57.